The Bertz CT molecular complexity index is 332. The van der Waals surface area contributed by atoms with E-state index in [4.69, 9.17) is 4.74 Å². The fourth-order valence-corrected chi connectivity index (χ4v) is 2.09. The zero-order chi connectivity index (χ0) is 10.7. The molecular formula is C12H17NO2. The van der Waals surface area contributed by atoms with Crippen molar-refractivity contribution < 1.29 is 9.84 Å². The molecule has 0 bridgehead atoms. The number of methoxy groups -OCH3 is 1. The topological polar surface area (TPSA) is 41.5 Å². The summed E-state index contributed by atoms with van der Waals surface area (Å²) in [6.45, 7) is 1.64. The highest BCUT2D eigenvalue weighted by molar-refractivity contribution is 5.38. The maximum Gasteiger partial charge on any atom is 0.120 e. The largest absolute Gasteiger partial charge is 0.508 e. The Labute approximate surface area is 90.1 Å². The van der Waals surface area contributed by atoms with Crippen molar-refractivity contribution in [3.8, 4) is 5.75 Å². The maximum absolute atomic E-state index is 9.78. The molecule has 0 saturated carbocycles. The standard InChI is InChI=1S/C12H17NO2/c1-15-8-9-4-5-12(14)10(7-9)11-3-2-6-13-11/h4-5,7,11,13-14H,2-3,6,8H2,1H3/t11-/m0/s1. The molecule has 15 heavy (non-hydrogen) atoms. The smallest absolute Gasteiger partial charge is 0.120 e. The molecule has 0 radical (unpaired) electrons. The second-order valence-corrected chi connectivity index (χ2v) is 3.98. The van der Waals surface area contributed by atoms with Gasteiger partial charge >= 0.3 is 0 Å². The van der Waals surface area contributed by atoms with Crippen molar-refractivity contribution in [1.29, 1.82) is 0 Å². The monoisotopic (exact) mass is 207 g/mol. The molecule has 2 N–H and O–H groups in total. The highest BCUT2D eigenvalue weighted by atomic mass is 16.5. The van der Waals surface area contributed by atoms with Crippen molar-refractivity contribution in [3.05, 3.63) is 29.3 Å². The zero-order valence-electron chi connectivity index (χ0n) is 8.99. The van der Waals surface area contributed by atoms with E-state index >= 15 is 0 Å². The summed E-state index contributed by atoms with van der Waals surface area (Å²) in [6, 6.07) is 5.99. The molecule has 1 saturated heterocycles. The van der Waals surface area contributed by atoms with Gasteiger partial charge in [0.05, 0.1) is 6.61 Å². The molecule has 1 fully saturated rings. The number of hydrogen-bond donors (Lipinski definition) is 2. The average Bonchev–Trinajstić information content (AvgIpc) is 2.74. The van der Waals surface area contributed by atoms with Gasteiger partial charge in [0.1, 0.15) is 5.75 Å². The lowest BCUT2D eigenvalue weighted by Gasteiger charge is -2.13. The van der Waals surface area contributed by atoms with Crippen molar-refractivity contribution in [3.63, 3.8) is 0 Å². The van der Waals surface area contributed by atoms with E-state index in [2.05, 4.69) is 5.32 Å². The lowest BCUT2D eigenvalue weighted by atomic mass is 10.0. The average molecular weight is 207 g/mol. The van der Waals surface area contributed by atoms with Gasteiger partial charge < -0.3 is 15.2 Å². The van der Waals surface area contributed by atoms with E-state index in [1.807, 2.05) is 12.1 Å². The van der Waals surface area contributed by atoms with Gasteiger partial charge in [0.2, 0.25) is 0 Å². The van der Waals surface area contributed by atoms with Crippen LogP contribution in [0, 0.1) is 0 Å². The molecule has 1 aromatic carbocycles. The fourth-order valence-electron chi connectivity index (χ4n) is 2.09. The minimum atomic E-state index is 0.307. The van der Waals surface area contributed by atoms with Gasteiger partial charge in [-0.3, -0.25) is 0 Å². The Hall–Kier alpha value is -1.06. The number of aromatic hydroxyl groups is 1. The summed E-state index contributed by atoms with van der Waals surface area (Å²) >= 11 is 0. The molecule has 0 unspecified atom stereocenters. The minimum Gasteiger partial charge on any atom is -0.508 e. The van der Waals surface area contributed by atoms with E-state index in [0.29, 0.717) is 18.4 Å². The van der Waals surface area contributed by atoms with Gasteiger partial charge in [-0.15, -0.1) is 0 Å². The molecule has 0 aromatic heterocycles. The molecule has 0 spiro atoms. The maximum atomic E-state index is 9.78. The summed E-state index contributed by atoms with van der Waals surface area (Å²) in [5.41, 5.74) is 2.11. The fraction of sp³-hybridized carbons (Fsp3) is 0.500. The molecule has 1 heterocycles. The first-order chi connectivity index (χ1) is 7.31. The summed E-state index contributed by atoms with van der Waals surface area (Å²) < 4.78 is 5.08. The molecule has 3 heteroatoms. The van der Waals surface area contributed by atoms with Crippen LogP contribution >= 0.6 is 0 Å². The SMILES string of the molecule is COCc1ccc(O)c([C@@H]2CCCN2)c1. The quantitative estimate of drug-likeness (QED) is 0.796. The first kappa shape index (κ1) is 10.5. The Balaban J connectivity index is 2.23. The van der Waals surface area contributed by atoms with Gasteiger partial charge in [0, 0.05) is 18.7 Å². The molecule has 82 valence electrons. The summed E-state index contributed by atoms with van der Waals surface area (Å²) in [7, 11) is 1.68. The number of phenolic OH excluding ortho intramolecular Hbond substituents is 1. The number of phenols is 1. The number of hydrogen-bond acceptors (Lipinski definition) is 3. The normalized spacial score (nSPS) is 20.7. The van der Waals surface area contributed by atoms with E-state index < -0.39 is 0 Å². The van der Waals surface area contributed by atoms with E-state index in [0.717, 1.165) is 24.1 Å². The van der Waals surface area contributed by atoms with Crippen LogP contribution < -0.4 is 5.32 Å². The molecule has 1 aliphatic heterocycles. The van der Waals surface area contributed by atoms with Gasteiger partial charge in [-0.2, -0.15) is 0 Å². The van der Waals surface area contributed by atoms with Gasteiger partial charge in [0.25, 0.3) is 0 Å². The number of ether oxygens (including phenoxy) is 1. The lowest BCUT2D eigenvalue weighted by Crippen LogP contribution is -2.13. The molecule has 0 amide bonds. The van der Waals surface area contributed by atoms with Gasteiger partial charge in [0.15, 0.2) is 0 Å². The number of benzene rings is 1. The number of nitrogens with one attached hydrogen (secondary N) is 1. The Morgan fingerprint density at radius 3 is 3.07 bits per heavy atom. The molecule has 1 atom stereocenters. The van der Waals surface area contributed by atoms with Crippen LogP contribution in [0.15, 0.2) is 18.2 Å². The minimum absolute atomic E-state index is 0.307. The van der Waals surface area contributed by atoms with Crippen LogP contribution in [-0.2, 0) is 11.3 Å². The van der Waals surface area contributed by atoms with Crippen LogP contribution in [0.3, 0.4) is 0 Å². The molecule has 3 nitrogen and oxygen atoms in total. The Morgan fingerprint density at radius 1 is 1.53 bits per heavy atom. The molecule has 2 rings (SSSR count). The third kappa shape index (κ3) is 2.30. The van der Waals surface area contributed by atoms with Crippen LogP contribution in [0.5, 0.6) is 5.75 Å². The highest BCUT2D eigenvalue weighted by Gasteiger charge is 2.19. The summed E-state index contributed by atoms with van der Waals surface area (Å²) in [6.07, 6.45) is 2.28. The van der Waals surface area contributed by atoms with Crippen LogP contribution in [0.2, 0.25) is 0 Å². The van der Waals surface area contributed by atoms with Crippen molar-refractivity contribution in [2.24, 2.45) is 0 Å². The second kappa shape index (κ2) is 4.64. The van der Waals surface area contributed by atoms with E-state index in [1.165, 1.54) is 6.42 Å². The predicted molar refractivity (Wildman–Crippen MR) is 58.8 cm³/mol. The number of rotatable bonds is 3. The summed E-state index contributed by atoms with van der Waals surface area (Å²) in [4.78, 5) is 0. The summed E-state index contributed by atoms with van der Waals surface area (Å²) in [5.74, 6) is 0.384. The Morgan fingerprint density at radius 2 is 2.40 bits per heavy atom. The van der Waals surface area contributed by atoms with Gasteiger partial charge in [-0.05, 0) is 37.1 Å². The van der Waals surface area contributed by atoms with Gasteiger partial charge in [-0.25, -0.2) is 0 Å². The third-order valence-electron chi connectivity index (χ3n) is 2.84. The zero-order valence-corrected chi connectivity index (χ0v) is 8.99. The Kier molecular flexibility index (Phi) is 3.23. The first-order valence-electron chi connectivity index (χ1n) is 5.35. The third-order valence-corrected chi connectivity index (χ3v) is 2.84. The predicted octanol–water partition coefficient (Wildman–Crippen LogP) is 1.96. The molecule has 0 aliphatic carbocycles. The summed E-state index contributed by atoms with van der Waals surface area (Å²) in [5, 5.41) is 13.2. The molecule has 1 aromatic rings. The van der Waals surface area contributed by atoms with Crippen LogP contribution in [0.1, 0.15) is 30.0 Å². The van der Waals surface area contributed by atoms with E-state index in [-0.39, 0.29) is 0 Å². The van der Waals surface area contributed by atoms with Crippen LogP contribution in [-0.4, -0.2) is 18.8 Å². The van der Waals surface area contributed by atoms with Crippen LogP contribution in [0.25, 0.3) is 0 Å². The highest BCUT2D eigenvalue weighted by Crippen LogP contribution is 2.30. The van der Waals surface area contributed by atoms with Gasteiger partial charge in [-0.1, -0.05) is 6.07 Å². The lowest BCUT2D eigenvalue weighted by molar-refractivity contribution is 0.184. The molecule has 1 aliphatic rings. The van der Waals surface area contributed by atoms with E-state index in [9.17, 15) is 5.11 Å². The van der Waals surface area contributed by atoms with Crippen molar-refractivity contribution >= 4 is 0 Å². The second-order valence-electron chi connectivity index (χ2n) is 3.98. The van der Waals surface area contributed by atoms with E-state index in [1.54, 1.807) is 13.2 Å². The van der Waals surface area contributed by atoms with Crippen molar-refractivity contribution in [1.82, 2.24) is 5.32 Å². The van der Waals surface area contributed by atoms with Crippen LogP contribution in [0.4, 0.5) is 0 Å². The van der Waals surface area contributed by atoms with Crippen molar-refractivity contribution in [2.45, 2.75) is 25.5 Å². The van der Waals surface area contributed by atoms with Crippen molar-refractivity contribution in [2.75, 3.05) is 13.7 Å². The first-order valence-corrected chi connectivity index (χ1v) is 5.35. The molecular weight excluding hydrogens is 190 g/mol.